The molecule has 154 valence electrons. The fourth-order valence-electron chi connectivity index (χ4n) is 4.06. The number of hydrogen-bond donors (Lipinski definition) is 1. The smallest absolute Gasteiger partial charge is 0.222 e. The van der Waals surface area contributed by atoms with E-state index in [1.54, 1.807) is 0 Å². The van der Waals surface area contributed by atoms with Crippen molar-refractivity contribution in [2.75, 3.05) is 26.8 Å². The van der Waals surface area contributed by atoms with Gasteiger partial charge in [0.25, 0.3) is 0 Å². The van der Waals surface area contributed by atoms with Crippen LogP contribution in [0.5, 0.6) is 0 Å². The van der Waals surface area contributed by atoms with Crippen LogP contribution in [0.25, 0.3) is 0 Å². The molecule has 1 heterocycles. The van der Waals surface area contributed by atoms with Gasteiger partial charge in [0, 0.05) is 31.1 Å². The highest BCUT2D eigenvalue weighted by Crippen LogP contribution is 2.44. The average Bonchev–Trinajstić information content (AvgIpc) is 2.96. The molecule has 3 atom stereocenters. The van der Waals surface area contributed by atoms with Gasteiger partial charge in [-0.25, -0.2) is 0 Å². The number of carbonyl (C=O) groups excluding carboxylic acids is 1. The van der Waals surface area contributed by atoms with Gasteiger partial charge in [-0.2, -0.15) is 0 Å². The van der Waals surface area contributed by atoms with Gasteiger partial charge in [0.2, 0.25) is 5.91 Å². The summed E-state index contributed by atoms with van der Waals surface area (Å²) in [6, 6.07) is 1.30. The Morgan fingerprint density at radius 2 is 1.88 bits per heavy atom. The number of carbonyl (C=O) groups is 1. The third kappa shape index (κ3) is 7.42. The van der Waals surface area contributed by atoms with Crippen LogP contribution in [0.15, 0.2) is 0 Å². The lowest BCUT2D eigenvalue weighted by atomic mass is 10.1. The third-order valence-corrected chi connectivity index (χ3v) is 7.35. The summed E-state index contributed by atoms with van der Waals surface area (Å²) in [4.78, 5) is 14.8. The molecule has 1 saturated heterocycles. The molecule has 0 saturated carbocycles. The Hall–Kier alpha value is -0.220. The molecular formula is C20H42N3O2P. The predicted octanol–water partition coefficient (Wildman–Crippen LogP) is 4.22. The molecular weight excluding hydrogens is 345 g/mol. The van der Waals surface area contributed by atoms with Crippen molar-refractivity contribution in [1.29, 1.82) is 0 Å². The van der Waals surface area contributed by atoms with E-state index in [-0.39, 0.29) is 6.10 Å². The van der Waals surface area contributed by atoms with Gasteiger partial charge in [-0.3, -0.25) is 9.46 Å². The standard InChI is InChI=1S/C20H42N3O2P/c1-8-18-14-19(25-26(7)23(16(2)3)17(4)5)15-22(18)20(24)12-10-9-11-13-21-6/h16-19,21H,8-15H2,1-7H3/t18-,19-,26?/m1/s1. The van der Waals surface area contributed by atoms with E-state index in [1.807, 2.05) is 7.05 Å². The molecule has 0 aromatic rings. The van der Waals surface area contributed by atoms with E-state index in [2.05, 4.69) is 56.2 Å². The predicted molar refractivity (Wildman–Crippen MR) is 113 cm³/mol. The van der Waals surface area contributed by atoms with E-state index in [9.17, 15) is 4.79 Å². The Kier molecular flexibility index (Phi) is 11.2. The number of hydrogen-bond acceptors (Lipinski definition) is 4. The summed E-state index contributed by atoms with van der Waals surface area (Å²) >= 11 is 0. The van der Waals surface area contributed by atoms with Crippen molar-refractivity contribution < 1.29 is 9.32 Å². The van der Waals surface area contributed by atoms with E-state index >= 15 is 0 Å². The second kappa shape index (κ2) is 12.3. The molecule has 5 nitrogen and oxygen atoms in total. The maximum Gasteiger partial charge on any atom is 0.222 e. The van der Waals surface area contributed by atoms with Crippen molar-refractivity contribution >= 4 is 14.2 Å². The summed E-state index contributed by atoms with van der Waals surface area (Å²) in [5.74, 6) is 0.317. The zero-order valence-corrected chi connectivity index (χ0v) is 19.0. The van der Waals surface area contributed by atoms with Crippen LogP contribution >= 0.6 is 8.30 Å². The van der Waals surface area contributed by atoms with Crippen LogP contribution in [-0.4, -0.2) is 66.5 Å². The lowest BCUT2D eigenvalue weighted by Crippen LogP contribution is -2.36. The molecule has 1 aliphatic heterocycles. The van der Waals surface area contributed by atoms with Gasteiger partial charge in [-0.1, -0.05) is 13.3 Å². The van der Waals surface area contributed by atoms with Crippen molar-refractivity contribution in [1.82, 2.24) is 14.9 Å². The molecule has 1 fully saturated rings. The van der Waals surface area contributed by atoms with E-state index < -0.39 is 8.30 Å². The maximum atomic E-state index is 12.7. The Labute approximate surface area is 163 Å². The van der Waals surface area contributed by atoms with E-state index in [0.717, 1.165) is 45.2 Å². The van der Waals surface area contributed by atoms with Gasteiger partial charge in [0.1, 0.15) is 8.30 Å². The van der Waals surface area contributed by atoms with Crippen molar-refractivity contribution in [3.63, 3.8) is 0 Å². The Morgan fingerprint density at radius 3 is 2.42 bits per heavy atom. The molecule has 1 amide bonds. The van der Waals surface area contributed by atoms with Crippen LogP contribution in [0.4, 0.5) is 0 Å². The molecule has 0 aromatic heterocycles. The lowest BCUT2D eigenvalue weighted by molar-refractivity contribution is -0.132. The summed E-state index contributed by atoms with van der Waals surface area (Å²) in [5, 5.41) is 3.16. The molecule has 0 radical (unpaired) electrons. The highest BCUT2D eigenvalue weighted by Gasteiger charge is 2.36. The molecule has 0 bridgehead atoms. The summed E-state index contributed by atoms with van der Waals surface area (Å²) in [5.41, 5.74) is 0. The van der Waals surface area contributed by atoms with Gasteiger partial charge in [0.05, 0.1) is 6.10 Å². The summed E-state index contributed by atoms with van der Waals surface area (Å²) in [6.07, 6.45) is 6.13. The number of unbranched alkanes of at least 4 members (excludes halogenated alkanes) is 2. The van der Waals surface area contributed by atoms with Crippen molar-refractivity contribution in [3.8, 4) is 0 Å². The van der Waals surface area contributed by atoms with Crippen molar-refractivity contribution in [3.05, 3.63) is 0 Å². The van der Waals surface area contributed by atoms with Gasteiger partial charge >= 0.3 is 0 Å². The highest BCUT2D eigenvalue weighted by molar-refractivity contribution is 7.49. The molecule has 0 aromatic carbocycles. The second-order valence-electron chi connectivity index (χ2n) is 8.02. The molecule has 1 rings (SSSR count). The minimum Gasteiger partial charge on any atom is -0.339 e. The van der Waals surface area contributed by atoms with Crippen LogP contribution in [0.2, 0.25) is 0 Å². The number of likely N-dealkylation sites (tertiary alicyclic amines) is 1. The quantitative estimate of drug-likeness (QED) is 0.402. The van der Waals surface area contributed by atoms with Crippen LogP contribution in [-0.2, 0) is 9.32 Å². The maximum absolute atomic E-state index is 12.7. The van der Waals surface area contributed by atoms with Gasteiger partial charge in [-0.15, -0.1) is 0 Å². The fourth-order valence-corrected chi connectivity index (χ4v) is 6.05. The summed E-state index contributed by atoms with van der Waals surface area (Å²) < 4.78 is 8.92. The summed E-state index contributed by atoms with van der Waals surface area (Å²) in [7, 11) is 1.35. The number of amides is 1. The second-order valence-corrected chi connectivity index (χ2v) is 9.62. The average molecular weight is 388 g/mol. The number of nitrogens with zero attached hydrogens (tertiary/aromatic N) is 2. The Morgan fingerprint density at radius 1 is 1.23 bits per heavy atom. The van der Waals surface area contributed by atoms with Gasteiger partial charge in [0.15, 0.2) is 0 Å². The van der Waals surface area contributed by atoms with Crippen molar-refractivity contribution in [2.24, 2.45) is 0 Å². The Bertz CT molecular complexity index is 399. The first-order valence-corrected chi connectivity index (χ1v) is 12.1. The number of rotatable bonds is 12. The minimum atomic E-state index is -0.626. The molecule has 1 aliphatic rings. The molecule has 1 unspecified atom stereocenters. The zero-order valence-electron chi connectivity index (χ0n) is 18.1. The number of nitrogens with one attached hydrogen (secondary N) is 1. The zero-order chi connectivity index (χ0) is 19.7. The molecule has 26 heavy (non-hydrogen) atoms. The third-order valence-electron chi connectivity index (χ3n) is 5.17. The first-order valence-electron chi connectivity index (χ1n) is 10.4. The largest absolute Gasteiger partial charge is 0.339 e. The summed E-state index contributed by atoms with van der Waals surface area (Å²) in [6.45, 7) is 15.1. The van der Waals surface area contributed by atoms with Crippen LogP contribution in [0, 0.1) is 0 Å². The van der Waals surface area contributed by atoms with Crippen LogP contribution < -0.4 is 5.32 Å². The van der Waals surface area contributed by atoms with E-state index in [0.29, 0.717) is 30.5 Å². The SMILES string of the molecule is CC[C@@H]1C[C@@H](OP(C)N(C(C)C)C(C)C)CN1C(=O)CCCCCNC. The monoisotopic (exact) mass is 387 g/mol. The van der Waals surface area contributed by atoms with Gasteiger partial charge in [-0.05, 0) is 73.6 Å². The fraction of sp³-hybridized carbons (Fsp3) is 0.950. The lowest BCUT2D eigenvalue weighted by Gasteiger charge is -2.36. The van der Waals surface area contributed by atoms with E-state index in [4.69, 9.17) is 4.52 Å². The highest BCUT2D eigenvalue weighted by atomic mass is 31.2. The van der Waals surface area contributed by atoms with Gasteiger partial charge < -0.3 is 14.7 Å². The minimum absolute atomic E-state index is 0.185. The molecule has 6 heteroatoms. The first-order chi connectivity index (χ1) is 12.3. The normalized spacial score (nSPS) is 22.0. The molecule has 0 spiro atoms. The molecule has 1 N–H and O–H groups in total. The first kappa shape index (κ1) is 23.8. The Balaban J connectivity index is 2.53. The van der Waals surface area contributed by atoms with E-state index in [1.165, 1.54) is 0 Å². The molecule has 0 aliphatic carbocycles. The topological polar surface area (TPSA) is 44.8 Å². The van der Waals surface area contributed by atoms with Crippen molar-refractivity contribution in [2.45, 2.75) is 97.4 Å². The van der Waals surface area contributed by atoms with Crippen LogP contribution in [0.3, 0.4) is 0 Å². The van der Waals surface area contributed by atoms with Crippen LogP contribution in [0.1, 0.15) is 73.1 Å².